The van der Waals surface area contributed by atoms with Crippen LogP contribution in [0.15, 0.2) is 0 Å². The molecule has 1 heterocycles. The van der Waals surface area contributed by atoms with Gasteiger partial charge in [0, 0.05) is 35.6 Å². The minimum Gasteiger partial charge on any atom is -0.309 e. The molecule has 3 nitrogen and oxygen atoms in total. The summed E-state index contributed by atoms with van der Waals surface area (Å²) in [5, 5.41) is 8.08. The van der Waals surface area contributed by atoms with E-state index in [0.717, 1.165) is 12.2 Å². The Bertz CT molecular complexity index is 382. The van der Waals surface area contributed by atoms with E-state index in [9.17, 15) is 0 Å². The summed E-state index contributed by atoms with van der Waals surface area (Å²) in [6.07, 6.45) is 2.16. The van der Waals surface area contributed by atoms with Gasteiger partial charge in [0.25, 0.3) is 0 Å². The number of hydrogen-bond acceptors (Lipinski definition) is 3. The van der Waals surface area contributed by atoms with E-state index >= 15 is 0 Å². The van der Waals surface area contributed by atoms with E-state index in [0.29, 0.717) is 6.04 Å². The van der Waals surface area contributed by atoms with Crippen molar-refractivity contribution < 1.29 is 0 Å². The van der Waals surface area contributed by atoms with Crippen molar-refractivity contribution >= 4 is 11.8 Å². The van der Waals surface area contributed by atoms with Crippen molar-refractivity contribution in [2.45, 2.75) is 45.4 Å². The van der Waals surface area contributed by atoms with Crippen molar-refractivity contribution in [2.24, 2.45) is 7.05 Å². The molecule has 1 rings (SSSR count). The monoisotopic (exact) mass is 255 g/mol. The highest BCUT2D eigenvalue weighted by atomic mass is 32.2. The molecule has 0 aromatic carbocycles. The van der Waals surface area contributed by atoms with Gasteiger partial charge in [-0.2, -0.15) is 16.9 Å². The molecule has 0 aliphatic heterocycles. The van der Waals surface area contributed by atoms with Crippen LogP contribution in [0.4, 0.5) is 0 Å². The van der Waals surface area contributed by atoms with Gasteiger partial charge in [-0.25, -0.2) is 0 Å². The normalized spacial score (nSPS) is 14.1. The molecule has 0 saturated carbocycles. The molecule has 0 aliphatic carbocycles. The molecule has 4 heteroatoms. The van der Waals surface area contributed by atoms with Crippen molar-refractivity contribution in [3.8, 4) is 0 Å². The van der Waals surface area contributed by atoms with E-state index in [1.165, 1.54) is 11.3 Å². The van der Waals surface area contributed by atoms with Gasteiger partial charge in [-0.15, -0.1) is 0 Å². The topological polar surface area (TPSA) is 29.9 Å². The van der Waals surface area contributed by atoms with Gasteiger partial charge in [-0.3, -0.25) is 4.68 Å². The Morgan fingerprint density at radius 2 is 2.00 bits per heavy atom. The molecule has 1 unspecified atom stereocenters. The van der Waals surface area contributed by atoms with Crippen LogP contribution in [0.25, 0.3) is 0 Å². The molecule has 0 aliphatic rings. The highest BCUT2D eigenvalue weighted by Crippen LogP contribution is 2.24. The largest absolute Gasteiger partial charge is 0.309 e. The van der Waals surface area contributed by atoms with E-state index in [1.54, 1.807) is 0 Å². The molecule has 1 N–H and O–H groups in total. The molecular weight excluding hydrogens is 230 g/mol. The fourth-order valence-corrected chi connectivity index (χ4v) is 2.22. The molecule has 1 atom stereocenters. The smallest absolute Gasteiger partial charge is 0.0644 e. The van der Waals surface area contributed by atoms with Gasteiger partial charge < -0.3 is 5.32 Å². The van der Waals surface area contributed by atoms with Crippen molar-refractivity contribution in [1.82, 2.24) is 15.1 Å². The fourth-order valence-electron chi connectivity index (χ4n) is 1.99. The zero-order chi connectivity index (χ0) is 13.2. The predicted octanol–water partition coefficient (Wildman–Crippen LogP) is 2.83. The quantitative estimate of drug-likeness (QED) is 0.877. The van der Waals surface area contributed by atoms with E-state index < -0.39 is 0 Å². The summed E-state index contributed by atoms with van der Waals surface area (Å²) < 4.78 is 2.24. The number of nitrogens with zero attached hydrogens (tertiary/aromatic N) is 2. The first-order valence-corrected chi connectivity index (χ1v) is 7.29. The van der Waals surface area contributed by atoms with E-state index in [4.69, 9.17) is 0 Å². The summed E-state index contributed by atoms with van der Waals surface area (Å²) in [6.45, 7) is 12.0. The molecule has 98 valence electrons. The van der Waals surface area contributed by atoms with Crippen LogP contribution in [-0.4, -0.2) is 27.3 Å². The summed E-state index contributed by atoms with van der Waals surface area (Å²) in [5.74, 6) is 0. The first kappa shape index (κ1) is 14.6. The van der Waals surface area contributed by atoms with Crippen LogP contribution >= 0.6 is 11.8 Å². The third-order valence-corrected chi connectivity index (χ3v) is 4.63. The third-order valence-electron chi connectivity index (χ3n) is 3.38. The molecule has 17 heavy (non-hydrogen) atoms. The van der Waals surface area contributed by atoms with Gasteiger partial charge in [0.2, 0.25) is 0 Å². The van der Waals surface area contributed by atoms with Crippen molar-refractivity contribution in [3.63, 3.8) is 0 Å². The lowest BCUT2D eigenvalue weighted by atomic mass is 10.1. The highest BCUT2D eigenvalue weighted by Gasteiger charge is 2.20. The maximum absolute atomic E-state index is 4.47. The summed E-state index contributed by atoms with van der Waals surface area (Å²) in [6, 6.07) is 0.357. The Kier molecular flexibility index (Phi) is 4.67. The molecule has 1 aromatic heterocycles. The van der Waals surface area contributed by atoms with Crippen molar-refractivity contribution in [3.05, 3.63) is 17.0 Å². The van der Waals surface area contributed by atoms with Crippen LogP contribution < -0.4 is 5.32 Å². The SMILES string of the molecule is CSC(C)(C)CNC(C)c1c(C)nn(C)c1C. The second-order valence-electron chi connectivity index (χ2n) is 5.27. The summed E-state index contributed by atoms with van der Waals surface area (Å²) >= 11 is 1.89. The lowest BCUT2D eigenvalue weighted by Crippen LogP contribution is -2.34. The Morgan fingerprint density at radius 3 is 2.41 bits per heavy atom. The van der Waals surface area contributed by atoms with Gasteiger partial charge in [-0.05, 0) is 40.9 Å². The maximum atomic E-state index is 4.47. The maximum Gasteiger partial charge on any atom is 0.0644 e. The number of aryl methyl sites for hydroxylation is 2. The van der Waals surface area contributed by atoms with Gasteiger partial charge in [-0.1, -0.05) is 0 Å². The fraction of sp³-hybridized carbons (Fsp3) is 0.769. The minimum atomic E-state index is 0.276. The average molecular weight is 255 g/mol. The Balaban J connectivity index is 2.74. The van der Waals surface area contributed by atoms with E-state index in [-0.39, 0.29) is 4.75 Å². The molecular formula is C13H25N3S. The summed E-state index contributed by atoms with van der Waals surface area (Å²) in [5.41, 5.74) is 3.72. The van der Waals surface area contributed by atoms with E-state index in [2.05, 4.69) is 51.3 Å². The predicted molar refractivity (Wildman–Crippen MR) is 76.7 cm³/mol. The zero-order valence-electron chi connectivity index (χ0n) is 12.1. The van der Waals surface area contributed by atoms with Crippen LogP contribution in [0.1, 0.15) is 43.8 Å². The Labute approximate surface area is 109 Å². The first-order chi connectivity index (χ1) is 7.78. The first-order valence-electron chi connectivity index (χ1n) is 6.07. The number of hydrogen-bond donors (Lipinski definition) is 1. The standard InChI is InChI=1S/C13H25N3S/c1-9(14-8-13(4,5)17-7)12-10(2)15-16(6)11(12)3/h9,14H,8H2,1-7H3. The molecule has 0 fully saturated rings. The van der Waals surface area contributed by atoms with Crippen LogP contribution in [0.2, 0.25) is 0 Å². The molecule has 0 spiro atoms. The Morgan fingerprint density at radius 1 is 1.41 bits per heavy atom. The minimum absolute atomic E-state index is 0.276. The van der Waals surface area contributed by atoms with Gasteiger partial charge >= 0.3 is 0 Å². The average Bonchev–Trinajstić information content (AvgIpc) is 2.50. The Hall–Kier alpha value is -0.480. The van der Waals surface area contributed by atoms with Crippen LogP contribution in [0, 0.1) is 13.8 Å². The van der Waals surface area contributed by atoms with Crippen LogP contribution in [-0.2, 0) is 7.05 Å². The molecule has 1 aromatic rings. The zero-order valence-corrected chi connectivity index (χ0v) is 12.9. The van der Waals surface area contributed by atoms with E-state index in [1.807, 2.05) is 23.5 Å². The molecule has 0 amide bonds. The summed E-state index contributed by atoms with van der Waals surface area (Å²) in [7, 11) is 2.00. The molecule has 0 radical (unpaired) electrons. The lowest BCUT2D eigenvalue weighted by molar-refractivity contribution is 0.519. The van der Waals surface area contributed by atoms with Gasteiger partial charge in [0.15, 0.2) is 0 Å². The van der Waals surface area contributed by atoms with Crippen LogP contribution in [0.3, 0.4) is 0 Å². The van der Waals surface area contributed by atoms with Gasteiger partial charge in [0.05, 0.1) is 5.69 Å². The number of aromatic nitrogens is 2. The second-order valence-corrected chi connectivity index (χ2v) is 6.79. The van der Waals surface area contributed by atoms with Crippen molar-refractivity contribution in [2.75, 3.05) is 12.8 Å². The van der Waals surface area contributed by atoms with Gasteiger partial charge in [0.1, 0.15) is 0 Å². The second kappa shape index (κ2) is 5.44. The third kappa shape index (κ3) is 3.49. The number of thioether (sulfide) groups is 1. The summed E-state index contributed by atoms with van der Waals surface area (Å²) in [4.78, 5) is 0. The van der Waals surface area contributed by atoms with Crippen molar-refractivity contribution in [1.29, 1.82) is 0 Å². The molecule has 0 bridgehead atoms. The number of nitrogens with one attached hydrogen (secondary N) is 1. The molecule has 0 saturated heterocycles. The lowest BCUT2D eigenvalue weighted by Gasteiger charge is -2.25. The van der Waals surface area contributed by atoms with Crippen LogP contribution in [0.5, 0.6) is 0 Å². The highest BCUT2D eigenvalue weighted by molar-refractivity contribution is 7.99. The number of rotatable bonds is 5.